The zero-order valence-electron chi connectivity index (χ0n) is 27.8. The van der Waals surface area contributed by atoms with E-state index in [0.29, 0.717) is 56.8 Å². The molecule has 6 aromatic rings. The van der Waals surface area contributed by atoms with E-state index in [1.807, 2.05) is 118 Å². The predicted octanol–water partition coefficient (Wildman–Crippen LogP) is 10.4. The highest BCUT2D eigenvalue weighted by Gasteiger charge is 2.23. The van der Waals surface area contributed by atoms with Gasteiger partial charge in [0.15, 0.2) is 23.1 Å². The Hall–Kier alpha value is -6.14. The summed E-state index contributed by atoms with van der Waals surface area (Å²) in [5.41, 5.74) is 3.76. The van der Waals surface area contributed by atoms with Crippen LogP contribution in [-0.4, -0.2) is 18.7 Å². The summed E-state index contributed by atoms with van der Waals surface area (Å²) in [7, 11) is 1.59. The van der Waals surface area contributed by atoms with E-state index in [4.69, 9.17) is 18.9 Å². The Labute approximate surface area is 286 Å². The zero-order valence-corrected chi connectivity index (χ0v) is 27.8. The van der Waals surface area contributed by atoms with Crippen LogP contribution in [0.2, 0.25) is 0 Å². The highest BCUT2D eigenvalue weighted by molar-refractivity contribution is 6.09. The second-order valence-electron chi connectivity index (χ2n) is 12.1. The summed E-state index contributed by atoms with van der Waals surface area (Å²) in [4.78, 5) is 26.0. The number of hydrogen-bond donors (Lipinski definition) is 0. The van der Waals surface area contributed by atoms with Crippen molar-refractivity contribution in [2.45, 2.75) is 26.4 Å². The molecule has 6 heteroatoms. The lowest BCUT2D eigenvalue weighted by Crippen LogP contribution is -2.25. The quantitative estimate of drug-likeness (QED) is 0.123. The van der Waals surface area contributed by atoms with Gasteiger partial charge in [-0.25, -0.2) is 0 Å². The second-order valence-corrected chi connectivity index (χ2v) is 12.1. The number of benzene rings is 6. The Morgan fingerprint density at radius 2 is 0.857 bits per heavy atom. The molecule has 0 unspecified atom stereocenters. The number of ether oxygens (including phenoxy) is 4. The lowest BCUT2D eigenvalue weighted by Gasteiger charge is -2.27. The Morgan fingerprint density at radius 3 is 1.35 bits per heavy atom. The molecule has 0 atom stereocenters. The van der Waals surface area contributed by atoms with E-state index in [-0.39, 0.29) is 11.6 Å². The van der Waals surface area contributed by atoms with Gasteiger partial charge in [-0.3, -0.25) is 9.59 Å². The van der Waals surface area contributed by atoms with Gasteiger partial charge in [0, 0.05) is 22.3 Å². The van der Waals surface area contributed by atoms with Crippen LogP contribution in [0.25, 0.3) is 0 Å². The molecule has 49 heavy (non-hydrogen) atoms. The van der Waals surface area contributed by atoms with Crippen LogP contribution in [0.15, 0.2) is 146 Å². The maximum absolute atomic E-state index is 13.2. The molecule has 6 rings (SSSR count). The highest BCUT2D eigenvalue weighted by atomic mass is 16.5. The highest BCUT2D eigenvalue weighted by Crippen LogP contribution is 2.33. The molecule has 244 valence electrons. The molecule has 0 heterocycles. The average Bonchev–Trinajstić information content (AvgIpc) is 3.13. The molecule has 0 aliphatic carbocycles. The van der Waals surface area contributed by atoms with Gasteiger partial charge in [-0.1, -0.05) is 66.2 Å². The van der Waals surface area contributed by atoms with Crippen LogP contribution in [0.1, 0.15) is 56.8 Å². The van der Waals surface area contributed by atoms with Crippen molar-refractivity contribution < 1.29 is 28.5 Å². The fourth-order valence-electron chi connectivity index (χ4n) is 5.31. The third kappa shape index (κ3) is 7.88. The molecule has 6 aromatic carbocycles. The summed E-state index contributed by atoms with van der Waals surface area (Å²) in [5, 5.41) is 0. The molecule has 0 saturated carbocycles. The van der Waals surface area contributed by atoms with Gasteiger partial charge in [-0.05, 0) is 111 Å². The van der Waals surface area contributed by atoms with Crippen LogP contribution >= 0.6 is 0 Å². The molecule has 0 bridgehead atoms. The minimum Gasteiger partial charge on any atom is -0.493 e. The van der Waals surface area contributed by atoms with Crippen molar-refractivity contribution in [3.63, 3.8) is 0 Å². The van der Waals surface area contributed by atoms with E-state index in [1.54, 1.807) is 55.6 Å². The van der Waals surface area contributed by atoms with Gasteiger partial charge in [0.2, 0.25) is 0 Å². The van der Waals surface area contributed by atoms with Crippen molar-refractivity contribution in [3.05, 3.63) is 179 Å². The standard InChI is InChI=1S/C43H36O6/c1-29-9-11-30(12-10-29)41(44)32-15-21-35(22-16-32)47-36-25-27-38(28-26-36)49-43(2,3)34-19-13-31(14-20-34)42(45)33-17-23-37(24-18-33)48-40-8-6-5-7-39(40)46-4/h5-28H,1-4H3. The molecular weight excluding hydrogens is 612 g/mol. The largest absolute Gasteiger partial charge is 0.493 e. The smallest absolute Gasteiger partial charge is 0.193 e. The van der Waals surface area contributed by atoms with Gasteiger partial charge in [0.05, 0.1) is 7.11 Å². The van der Waals surface area contributed by atoms with Gasteiger partial charge < -0.3 is 18.9 Å². The lowest BCUT2D eigenvalue weighted by atomic mass is 9.94. The van der Waals surface area contributed by atoms with Crippen molar-refractivity contribution in [2.75, 3.05) is 7.11 Å². The van der Waals surface area contributed by atoms with Gasteiger partial charge in [-0.15, -0.1) is 0 Å². The number of ketones is 2. The molecule has 0 saturated heterocycles. The minimum absolute atomic E-state index is 0.0289. The van der Waals surface area contributed by atoms with Crippen LogP contribution in [-0.2, 0) is 5.60 Å². The molecule has 0 radical (unpaired) electrons. The number of methoxy groups -OCH3 is 1. The number of hydrogen-bond acceptors (Lipinski definition) is 6. The van der Waals surface area contributed by atoms with Crippen molar-refractivity contribution >= 4 is 11.6 Å². The van der Waals surface area contributed by atoms with E-state index < -0.39 is 5.60 Å². The molecule has 0 aliphatic heterocycles. The minimum atomic E-state index is -0.665. The molecule has 0 amide bonds. The van der Waals surface area contributed by atoms with Gasteiger partial charge in [0.1, 0.15) is 28.6 Å². The molecule has 0 spiro atoms. The first-order valence-corrected chi connectivity index (χ1v) is 15.9. The molecule has 0 aliphatic rings. The van der Waals surface area contributed by atoms with E-state index in [9.17, 15) is 9.59 Å². The van der Waals surface area contributed by atoms with Crippen molar-refractivity contribution in [3.8, 4) is 34.5 Å². The number of rotatable bonds is 12. The Kier molecular flexibility index (Phi) is 9.58. The summed E-state index contributed by atoms with van der Waals surface area (Å²) in [6, 6.07) is 44.0. The Balaban J connectivity index is 1.04. The van der Waals surface area contributed by atoms with E-state index in [2.05, 4.69) is 0 Å². The summed E-state index contributed by atoms with van der Waals surface area (Å²) < 4.78 is 23.6. The van der Waals surface area contributed by atoms with E-state index >= 15 is 0 Å². The lowest BCUT2D eigenvalue weighted by molar-refractivity contribution is 0.102. The van der Waals surface area contributed by atoms with E-state index in [1.165, 1.54) is 0 Å². The number of aryl methyl sites for hydroxylation is 1. The summed E-state index contributed by atoms with van der Waals surface area (Å²) >= 11 is 0. The first-order chi connectivity index (χ1) is 23.7. The number of carbonyl (C=O) groups excluding carboxylic acids is 2. The molecular formula is C43H36O6. The predicted molar refractivity (Wildman–Crippen MR) is 191 cm³/mol. The Morgan fingerprint density at radius 1 is 0.469 bits per heavy atom. The topological polar surface area (TPSA) is 71.1 Å². The molecule has 0 N–H and O–H groups in total. The summed E-state index contributed by atoms with van der Waals surface area (Å²) in [5.74, 6) is 3.67. The van der Waals surface area contributed by atoms with Crippen LogP contribution in [0.3, 0.4) is 0 Å². The molecule has 0 aromatic heterocycles. The molecule has 6 nitrogen and oxygen atoms in total. The fraction of sp³-hybridized carbons (Fsp3) is 0.116. The van der Waals surface area contributed by atoms with Crippen molar-refractivity contribution in [2.24, 2.45) is 0 Å². The van der Waals surface area contributed by atoms with Gasteiger partial charge in [-0.2, -0.15) is 0 Å². The summed E-state index contributed by atoms with van der Waals surface area (Å²) in [6.07, 6.45) is 0. The maximum atomic E-state index is 13.2. The normalized spacial score (nSPS) is 11.0. The van der Waals surface area contributed by atoms with Crippen LogP contribution < -0.4 is 18.9 Å². The Bertz CT molecular complexity index is 2040. The monoisotopic (exact) mass is 648 g/mol. The van der Waals surface area contributed by atoms with Crippen molar-refractivity contribution in [1.82, 2.24) is 0 Å². The average molecular weight is 649 g/mol. The number of carbonyl (C=O) groups is 2. The van der Waals surface area contributed by atoms with Crippen LogP contribution in [0.4, 0.5) is 0 Å². The van der Waals surface area contributed by atoms with Crippen LogP contribution in [0, 0.1) is 6.92 Å². The third-order valence-corrected chi connectivity index (χ3v) is 8.12. The summed E-state index contributed by atoms with van der Waals surface area (Å²) in [6.45, 7) is 5.95. The first-order valence-electron chi connectivity index (χ1n) is 15.9. The van der Waals surface area contributed by atoms with Gasteiger partial charge >= 0.3 is 0 Å². The third-order valence-electron chi connectivity index (χ3n) is 8.12. The maximum Gasteiger partial charge on any atom is 0.193 e. The SMILES string of the molecule is COc1ccccc1Oc1ccc(C(=O)c2ccc(C(C)(C)Oc3ccc(Oc4ccc(C(=O)c5ccc(C)cc5)cc4)cc3)cc2)cc1. The van der Waals surface area contributed by atoms with Crippen molar-refractivity contribution in [1.29, 1.82) is 0 Å². The van der Waals surface area contributed by atoms with Gasteiger partial charge in [0.25, 0.3) is 0 Å². The fourth-order valence-corrected chi connectivity index (χ4v) is 5.31. The molecule has 0 fully saturated rings. The second kappa shape index (κ2) is 14.3. The number of para-hydroxylation sites is 2. The van der Waals surface area contributed by atoms with E-state index in [0.717, 1.165) is 11.1 Å². The first kappa shape index (κ1) is 32.8. The zero-order chi connectivity index (χ0) is 34.4. The van der Waals surface area contributed by atoms with Crippen LogP contribution in [0.5, 0.6) is 34.5 Å².